The summed E-state index contributed by atoms with van der Waals surface area (Å²) in [4.78, 5) is 16.8. The van der Waals surface area contributed by atoms with Gasteiger partial charge in [0.25, 0.3) is 5.91 Å². The number of carbonyl (C=O) groups is 1. The lowest BCUT2D eigenvalue weighted by Crippen LogP contribution is -2.26. The maximum absolute atomic E-state index is 12.5. The number of nitrogens with zero attached hydrogens (tertiary/aromatic N) is 4. The number of rotatable bonds is 7. The van der Waals surface area contributed by atoms with Crippen LogP contribution in [0.4, 0.5) is 0 Å². The molecule has 0 aliphatic heterocycles. The van der Waals surface area contributed by atoms with E-state index in [1.54, 1.807) is 24.3 Å². The van der Waals surface area contributed by atoms with Gasteiger partial charge in [0.1, 0.15) is 6.33 Å². The number of amides is 1. The van der Waals surface area contributed by atoms with Crippen LogP contribution in [0, 0.1) is 0 Å². The molecule has 150 valence electrons. The molecular formula is C22H25N5OS. The quantitative estimate of drug-likeness (QED) is 0.588. The van der Waals surface area contributed by atoms with Crippen molar-refractivity contribution in [2.24, 2.45) is 0 Å². The van der Waals surface area contributed by atoms with Crippen LogP contribution >= 0.6 is 11.8 Å². The van der Waals surface area contributed by atoms with E-state index in [2.05, 4.69) is 25.1 Å². The summed E-state index contributed by atoms with van der Waals surface area (Å²) >= 11 is 1.68. The molecule has 1 fully saturated rings. The Labute approximate surface area is 175 Å². The van der Waals surface area contributed by atoms with E-state index in [1.165, 1.54) is 19.3 Å². The van der Waals surface area contributed by atoms with Gasteiger partial charge in [0, 0.05) is 23.6 Å². The van der Waals surface area contributed by atoms with Crippen molar-refractivity contribution in [2.75, 3.05) is 0 Å². The van der Waals surface area contributed by atoms with Gasteiger partial charge in [-0.1, -0.05) is 37.5 Å². The van der Waals surface area contributed by atoms with Crippen LogP contribution in [0.1, 0.15) is 59.9 Å². The van der Waals surface area contributed by atoms with Gasteiger partial charge >= 0.3 is 0 Å². The molecule has 4 rings (SSSR count). The maximum Gasteiger partial charge on any atom is 0.251 e. The number of benzene rings is 1. The molecule has 0 bridgehead atoms. The van der Waals surface area contributed by atoms with Crippen LogP contribution < -0.4 is 5.32 Å². The van der Waals surface area contributed by atoms with Crippen molar-refractivity contribution in [1.82, 2.24) is 25.1 Å². The van der Waals surface area contributed by atoms with Crippen molar-refractivity contribution >= 4 is 17.7 Å². The molecule has 7 heteroatoms. The Hall–Kier alpha value is -2.67. The number of hydrogen-bond acceptors (Lipinski definition) is 5. The molecule has 0 atom stereocenters. The minimum atomic E-state index is -0.0906. The number of carbonyl (C=O) groups excluding carboxylic acids is 1. The van der Waals surface area contributed by atoms with Gasteiger partial charge in [0.05, 0.1) is 11.6 Å². The lowest BCUT2D eigenvalue weighted by molar-refractivity contribution is 0.0949. The van der Waals surface area contributed by atoms with Gasteiger partial charge in [-0.15, -0.1) is 22.0 Å². The van der Waals surface area contributed by atoms with Gasteiger partial charge in [-0.25, -0.2) is 4.98 Å². The SMILES string of the molecule is O=C(NCc1nncn1C1CCCCC1)c1ccc(CSc2ccccn2)cc1. The fraction of sp³-hybridized carbons (Fsp3) is 0.364. The molecule has 0 unspecified atom stereocenters. The zero-order valence-electron chi connectivity index (χ0n) is 16.3. The van der Waals surface area contributed by atoms with Crippen LogP contribution in [0.3, 0.4) is 0 Å². The molecule has 2 heterocycles. The van der Waals surface area contributed by atoms with Crippen LogP contribution in [0.5, 0.6) is 0 Å². The Morgan fingerprint density at radius 2 is 1.93 bits per heavy atom. The molecule has 0 radical (unpaired) electrons. The number of nitrogens with one attached hydrogen (secondary N) is 1. The third kappa shape index (κ3) is 5.23. The average Bonchev–Trinajstić information content (AvgIpc) is 3.26. The van der Waals surface area contributed by atoms with Crippen molar-refractivity contribution in [3.05, 3.63) is 71.9 Å². The van der Waals surface area contributed by atoms with Crippen LogP contribution in [-0.2, 0) is 12.3 Å². The van der Waals surface area contributed by atoms with Crippen LogP contribution in [-0.4, -0.2) is 25.7 Å². The van der Waals surface area contributed by atoms with E-state index in [9.17, 15) is 4.79 Å². The Kier molecular flexibility index (Phi) is 6.56. The second-order valence-electron chi connectivity index (χ2n) is 7.28. The molecule has 1 saturated carbocycles. The second kappa shape index (κ2) is 9.69. The summed E-state index contributed by atoms with van der Waals surface area (Å²) in [5, 5.41) is 12.3. The third-order valence-electron chi connectivity index (χ3n) is 5.26. The Morgan fingerprint density at radius 3 is 2.69 bits per heavy atom. The smallest absolute Gasteiger partial charge is 0.251 e. The largest absolute Gasteiger partial charge is 0.345 e. The molecule has 1 aliphatic rings. The maximum atomic E-state index is 12.5. The van der Waals surface area contributed by atoms with E-state index in [-0.39, 0.29) is 5.91 Å². The van der Waals surface area contributed by atoms with Crippen molar-refractivity contribution in [1.29, 1.82) is 0 Å². The Bertz CT molecular complexity index is 920. The summed E-state index contributed by atoms with van der Waals surface area (Å²) in [5.41, 5.74) is 1.81. The molecule has 0 saturated heterocycles. The Balaban J connectivity index is 1.30. The van der Waals surface area contributed by atoms with Gasteiger partial charge in [-0.2, -0.15) is 0 Å². The van der Waals surface area contributed by atoms with E-state index in [4.69, 9.17) is 0 Å². The number of pyridine rings is 1. The highest BCUT2D eigenvalue weighted by molar-refractivity contribution is 7.98. The minimum absolute atomic E-state index is 0.0906. The number of thioether (sulfide) groups is 1. The molecule has 1 N–H and O–H groups in total. The first-order valence-electron chi connectivity index (χ1n) is 10.1. The molecule has 3 aromatic rings. The van der Waals surface area contributed by atoms with Gasteiger partial charge in [-0.3, -0.25) is 4.79 Å². The first kappa shape index (κ1) is 19.6. The molecule has 1 amide bonds. The highest BCUT2D eigenvalue weighted by Gasteiger charge is 2.18. The molecule has 1 aliphatic carbocycles. The lowest BCUT2D eigenvalue weighted by atomic mass is 9.95. The van der Waals surface area contributed by atoms with Gasteiger partial charge < -0.3 is 9.88 Å². The highest BCUT2D eigenvalue weighted by atomic mass is 32.2. The van der Waals surface area contributed by atoms with Gasteiger partial charge in [0.15, 0.2) is 5.82 Å². The normalized spacial score (nSPS) is 14.6. The summed E-state index contributed by atoms with van der Waals surface area (Å²) in [6.45, 7) is 0.395. The van der Waals surface area contributed by atoms with Gasteiger partial charge in [-0.05, 0) is 42.7 Å². The topological polar surface area (TPSA) is 72.7 Å². The van der Waals surface area contributed by atoms with Gasteiger partial charge in [0.2, 0.25) is 0 Å². The van der Waals surface area contributed by atoms with Crippen molar-refractivity contribution in [3.8, 4) is 0 Å². The van der Waals surface area contributed by atoms with Crippen molar-refractivity contribution in [3.63, 3.8) is 0 Å². The lowest BCUT2D eigenvalue weighted by Gasteiger charge is -2.24. The summed E-state index contributed by atoms with van der Waals surface area (Å²) < 4.78 is 2.14. The zero-order valence-corrected chi connectivity index (χ0v) is 17.1. The van der Waals surface area contributed by atoms with E-state index in [0.717, 1.165) is 35.0 Å². The van der Waals surface area contributed by atoms with E-state index in [0.29, 0.717) is 18.2 Å². The van der Waals surface area contributed by atoms with Crippen LogP contribution in [0.2, 0.25) is 0 Å². The van der Waals surface area contributed by atoms with Crippen LogP contribution in [0.25, 0.3) is 0 Å². The summed E-state index contributed by atoms with van der Waals surface area (Å²) in [6, 6.07) is 14.1. The Morgan fingerprint density at radius 1 is 1.10 bits per heavy atom. The second-order valence-corrected chi connectivity index (χ2v) is 8.28. The molecule has 0 spiro atoms. The molecule has 1 aromatic carbocycles. The van der Waals surface area contributed by atoms with Crippen molar-refractivity contribution in [2.45, 2.75) is 55.5 Å². The first-order valence-corrected chi connectivity index (χ1v) is 11.1. The number of aromatic nitrogens is 4. The molecule has 29 heavy (non-hydrogen) atoms. The number of hydrogen-bond donors (Lipinski definition) is 1. The third-order valence-corrected chi connectivity index (χ3v) is 6.28. The average molecular weight is 408 g/mol. The van der Waals surface area contributed by atoms with E-state index < -0.39 is 0 Å². The predicted molar refractivity (Wildman–Crippen MR) is 114 cm³/mol. The fourth-order valence-electron chi connectivity index (χ4n) is 3.66. The summed E-state index contributed by atoms with van der Waals surface area (Å²) in [6.07, 6.45) is 9.73. The highest BCUT2D eigenvalue weighted by Crippen LogP contribution is 2.28. The molecule has 6 nitrogen and oxygen atoms in total. The van der Waals surface area contributed by atoms with Crippen molar-refractivity contribution < 1.29 is 4.79 Å². The zero-order chi connectivity index (χ0) is 19.9. The van der Waals surface area contributed by atoms with E-state index in [1.807, 2.05) is 42.5 Å². The molecule has 2 aromatic heterocycles. The standard InChI is InChI=1S/C22H25N5OS/c28-22(24-14-20-26-25-16-27(20)19-6-2-1-3-7-19)18-11-9-17(10-12-18)15-29-21-8-4-5-13-23-21/h4-5,8-13,16,19H,1-3,6-7,14-15H2,(H,24,28). The van der Waals surface area contributed by atoms with Crippen LogP contribution in [0.15, 0.2) is 60.0 Å². The van der Waals surface area contributed by atoms with E-state index >= 15 is 0 Å². The minimum Gasteiger partial charge on any atom is -0.345 e. The first-order chi connectivity index (χ1) is 14.3. The predicted octanol–water partition coefficient (Wildman–Crippen LogP) is 4.40. The summed E-state index contributed by atoms with van der Waals surface area (Å²) in [5.74, 6) is 1.56. The monoisotopic (exact) mass is 407 g/mol. The fourth-order valence-corrected chi connectivity index (χ4v) is 4.48. The summed E-state index contributed by atoms with van der Waals surface area (Å²) in [7, 11) is 0. The molecular weight excluding hydrogens is 382 g/mol.